The molecule has 0 aliphatic rings. The summed E-state index contributed by atoms with van der Waals surface area (Å²) in [7, 11) is 0. The number of nitro groups is 1. The van der Waals surface area contributed by atoms with Crippen LogP contribution < -0.4 is 11.1 Å². The van der Waals surface area contributed by atoms with Crippen LogP contribution in [0.1, 0.15) is 0 Å². The van der Waals surface area contributed by atoms with Crippen molar-refractivity contribution in [2.24, 2.45) is 5.73 Å². The Morgan fingerprint density at radius 2 is 2.42 bits per heavy atom. The van der Waals surface area contributed by atoms with Gasteiger partial charge >= 0.3 is 0 Å². The van der Waals surface area contributed by atoms with E-state index in [4.69, 9.17) is 5.73 Å². The van der Waals surface area contributed by atoms with Gasteiger partial charge in [0.1, 0.15) is 12.0 Å². The second-order valence-electron chi connectivity index (χ2n) is 2.04. The maximum absolute atomic E-state index is 10.2. The Kier molecular flexibility index (Phi) is 2.54. The molecule has 1 heterocycles. The summed E-state index contributed by atoms with van der Waals surface area (Å²) in [4.78, 5) is 13.4. The van der Waals surface area contributed by atoms with Crippen LogP contribution in [0.2, 0.25) is 0 Å². The van der Waals surface area contributed by atoms with Crippen molar-refractivity contribution in [3.05, 3.63) is 28.4 Å². The molecular weight excluding hydrogens is 160 g/mol. The summed E-state index contributed by atoms with van der Waals surface area (Å²) in [5.41, 5.74) is 5.14. The van der Waals surface area contributed by atoms with Gasteiger partial charge in [-0.05, 0) is 6.07 Å². The molecule has 0 radical (unpaired) electrons. The normalized spacial score (nSPS) is 9.42. The first kappa shape index (κ1) is 8.41. The minimum Gasteiger partial charge on any atom is -0.358 e. The highest BCUT2D eigenvalue weighted by Gasteiger charge is 2.03. The van der Waals surface area contributed by atoms with E-state index >= 15 is 0 Å². The number of nitrogens with zero attached hydrogens (tertiary/aromatic N) is 2. The number of pyridine rings is 1. The summed E-state index contributed by atoms with van der Waals surface area (Å²) < 4.78 is 0. The summed E-state index contributed by atoms with van der Waals surface area (Å²) in [5.74, 6) is 0.531. The molecule has 0 bridgehead atoms. The Balaban J connectivity index is 2.78. The van der Waals surface area contributed by atoms with E-state index in [9.17, 15) is 10.1 Å². The van der Waals surface area contributed by atoms with Gasteiger partial charge in [0.05, 0.1) is 11.6 Å². The van der Waals surface area contributed by atoms with Gasteiger partial charge in [-0.15, -0.1) is 0 Å². The van der Waals surface area contributed by atoms with Crippen LogP contribution in [0.5, 0.6) is 0 Å². The van der Waals surface area contributed by atoms with E-state index in [1.54, 1.807) is 0 Å². The van der Waals surface area contributed by atoms with Crippen LogP contribution in [0.25, 0.3) is 0 Å². The van der Waals surface area contributed by atoms with Gasteiger partial charge in [-0.25, -0.2) is 4.98 Å². The zero-order chi connectivity index (χ0) is 8.97. The Morgan fingerprint density at radius 3 is 2.83 bits per heavy atom. The first-order valence-electron chi connectivity index (χ1n) is 3.28. The zero-order valence-electron chi connectivity index (χ0n) is 6.23. The van der Waals surface area contributed by atoms with Gasteiger partial charge in [0.25, 0.3) is 5.69 Å². The number of nitrogens with two attached hydrogens (primary N) is 1. The number of aromatic nitrogens is 1. The molecule has 0 saturated heterocycles. The van der Waals surface area contributed by atoms with Gasteiger partial charge in [-0.1, -0.05) is 0 Å². The lowest BCUT2D eigenvalue weighted by Gasteiger charge is -1.99. The van der Waals surface area contributed by atoms with Crippen molar-refractivity contribution < 1.29 is 4.92 Å². The van der Waals surface area contributed by atoms with E-state index in [0.29, 0.717) is 5.82 Å². The Bertz CT molecular complexity index is 271. The second-order valence-corrected chi connectivity index (χ2v) is 2.04. The Morgan fingerprint density at radius 1 is 1.67 bits per heavy atom. The average molecular weight is 168 g/mol. The van der Waals surface area contributed by atoms with Crippen LogP contribution in [-0.4, -0.2) is 16.6 Å². The van der Waals surface area contributed by atoms with Crippen LogP contribution in [0.3, 0.4) is 0 Å². The molecule has 1 rings (SSSR count). The van der Waals surface area contributed by atoms with Crippen molar-refractivity contribution in [3.8, 4) is 0 Å². The Hall–Kier alpha value is -1.69. The number of rotatable bonds is 3. The van der Waals surface area contributed by atoms with E-state index in [2.05, 4.69) is 10.3 Å². The molecule has 0 aliphatic heterocycles. The molecule has 12 heavy (non-hydrogen) atoms. The molecule has 1 aromatic rings. The number of nitrogens with one attached hydrogen (secondary N) is 1. The SMILES string of the molecule is NCNc1ccc([N+](=O)[O-])cn1. The molecule has 0 aromatic carbocycles. The lowest BCUT2D eigenvalue weighted by Crippen LogP contribution is -2.11. The maximum atomic E-state index is 10.2. The third-order valence-corrected chi connectivity index (χ3v) is 1.24. The second kappa shape index (κ2) is 3.63. The van der Waals surface area contributed by atoms with Gasteiger partial charge < -0.3 is 11.1 Å². The topological polar surface area (TPSA) is 94.1 Å². The van der Waals surface area contributed by atoms with Crippen molar-refractivity contribution in [1.82, 2.24) is 4.98 Å². The predicted molar refractivity (Wildman–Crippen MR) is 43.6 cm³/mol. The third kappa shape index (κ3) is 1.89. The molecular formula is C6H8N4O2. The highest BCUT2D eigenvalue weighted by Crippen LogP contribution is 2.10. The molecule has 0 amide bonds. The summed E-state index contributed by atoms with van der Waals surface area (Å²) in [6.45, 7) is 0.255. The van der Waals surface area contributed by atoms with Crippen LogP contribution in [0.15, 0.2) is 18.3 Å². The molecule has 0 spiro atoms. The van der Waals surface area contributed by atoms with Crippen LogP contribution in [-0.2, 0) is 0 Å². The first-order chi connectivity index (χ1) is 5.74. The average Bonchev–Trinajstić information content (AvgIpc) is 2.06. The summed E-state index contributed by atoms with van der Waals surface area (Å²) >= 11 is 0. The molecule has 3 N–H and O–H groups in total. The van der Waals surface area contributed by atoms with Crippen LogP contribution in [0, 0.1) is 10.1 Å². The number of hydrogen-bond acceptors (Lipinski definition) is 5. The fourth-order valence-corrected chi connectivity index (χ4v) is 0.703. The molecule has 64 valence electrons. The smallest absolute Gasteiger partial charge is 0.287 e. The van der Waals surface area contributed by atoms with Crippen molar-refractivity contribution in [3.63, 3.8) is 0 Å². The Labute approximate surface area is 68.6 Å². The lowest BCUT2D eigenvalue weighted by atomic mass is 10.4. The maximum Gasteiger partial charge on any atom is 0.287 e. The fraction of sp³-hybridized carbons (Fsp3) is 0.167. The highest BCUT2D eigenvalue weighted by atomic mass is 16.6. The first-order valence-corrected chi connectivity index (χ1v) is 3.28. The van der Waals surface area contributed by atoms with Gasteiger partial charge in [-0.3, -0.25) is 10.1 Å². The minimum atomic E-state index is -0.501. The molecule has 0 unspecified atom stereocenters. The van der Waals surface area contributed by atoms with E-state index < -0.39 is 4.92 Å². The molecule has 0 aliphatic carbocycles. The van der Waals surface area contributed by atoms with E-state index in [-0.39, 0.29) is 12.4 Å². The number of anilines is 1. The van der Waals surface area contributed by atoms with E-state index in [1.165, 1.54) is 18.3 Å². The predicted octanol–water partition coefficient (Wildman–Crippen LogP) is 0.318. The van der Waals surface area contributed by atoms with Gasteiger partial charge in [0, 0.05) is 6.07 Å². The molecule has 0 saturated carbocycles. The van der Waals surface area contributed by atoms with E-state index in [1.807, 2.05) is 0 Å². The summed E-state index contributed by atoms with van der Waals surface area (Å²) in [6, 6.07) is 2.87. The minimum absolute atomic E-state index is 0.0300. The van der Waals surface area contributed by atoms with Gasteiger partial charge in [0.15, 0.2) is 0 Å². The van der Waals surface area contributed by atoms with Crippen molar-refractivity contribution in [2.45, 2.75) is 0 Å². The fourth-order valence-electron chi connectivity index (χ4n) is 0.703. The van der Waals surface area contributed by atoms with Crippen molar-refractivity contribution >= 4 is 11.5 Å². The van der Waals surface area contributed by atoms with Crippen LogP contribution in [0.4, 0.5) is 11.5 Å². The molecule has 0 fully saturated rings. The van der Waals surface area contributed by atoms with E-state index in [0.717, 1.165) is 0 Å². The third-order valence-electron chi connectivity index (χ3n) is 1.24. The monoisotopic (exact) mass is 168 g/mol. The molecule has 6 heteroatoms. The van der Waals surface area contributed by atoms with Gasteiger partial charge in [-0.2, -0.15) is 0 Å². The summed E-state index contributed by atoms with van der Waals surface area (Å²) in [5, 5.41) is 12.9. The molecule has 6 nitrogen and oxygen atoms in total. The highest BCUT2D eigenvalue weighted by molar-refractivity contribution is 5.39. The number of hydrogen-bond donors (Lipinski definition) is 2. The largest absolute Gasteiger partial charge is 0.358 e. The van der Waals surface area contributed by atoms with Gasteiger partial charge in [0.2, 0.25) is 0 Å². The molecule has 1 aromatic heterocycles. The lowest BCUT2D eigenvalue weighted by molar-refractivity contribution is -0.385. The molecule has 0 atom stereocenters. The van der Waals surface area contributed by atoms with Crippen molar-refractivity contribution in [2.75, 3.05) is 12.0 Å². The van der Waals surface area contributed by atoms with Crippen LogP contribution >= 0.6 is 0 Å². The quantitative estimate of drug-likeness (QED) is 0.385. The standard InChI is InChI=1S/C6H8N4O2/c7-4-9-6-2-1-5(3-8-6)10(11)12/h1-3H,4,7H2,(H,8,9). The summed E-state index contributed by atoms with van der Waals surface area (Å²) in [6.07, 6.45) is 1.18. The zero-order valence-corrected chi connectivity index (χ0v) is 6.23. The van der Waals surface area contributed by atoms with Crippen molar-refractivity contribution in [1.29, 1.82) is 0 Å².